The highest BCUT2D eigenvalue weighted by atomic mass is 19.1. The predicted molar refractivity (Wildman–Crippen MR) is 112 cm³/mol. The number of hydrogen-bond acceptors (Lipinski definition) is 6. The molecule has 3 rings (SSSR count). The third kappa shape index (κ3) is 5.63. The molecule has 0 bridgehead atoms. The minimum atomic E-state index is -0.586. The van der Waals surface area contributed by atoms with Crippen molar-refractivity contribution in [2.45, 2.75) is 6.61 Å². The van der Waals surface area contributed by atoms with Gasteiger partial charge in [-0.3, -0.25) is 14.9 Å². The zero-order valence-corrected chi connectivity index (χ0v) is 16.4. The van der Waals surface area contributed by atoms with Crippen LogP contribution in [0.3, 0.4) is 0 Å². The fourth-order valence-electron chi connectivity index (χ4n) is 2.65. The zero-order chi connectivity index (χ0) is 22.2. The molecule has 0 aromatic heterocycles. The Morgan fingerprint density at radius 2 is 1.94 bits per heavy atom. The van der Waals surface area contributed by atoms with E-state index in [4.69, 9.17) is 9.47 Å². The molecule has 0 aliphatic carbocycles. The number of ether oxygens (including phenoxy) is 2. The Hall–Kier alpha value is -4.27. The highest BCUT2D eigenvalue weighted by Gasteiger charge is 2.11. The molecule has 31 heavy (non-hydrogen) atoms. The summed E-state index contributed by atoms with van der Waals surface area (Å²) < 4.78 is 24.7. The van der Waals surface area contributed by atoms with E-state index in [0.717, 1.165) is 6.07 Å². The molecule has 158 valence electrons. The Kier molecular flexibility index (Phi) is 6.89. The summed E-state index contributed by atoms with van der Waals surface area (Å²) in [6.45, 7) is 0.0374. The van der Waals surface area contributed by atoms with Crippen LogP contribution < -0.4 is 14.9 Å². The second kappa shape index (κ2) is 9.97. The number of halogens is 1. The molecule has 0 spiro atoms. The van der Waals surface area contributed by atoms with Crippen molar-refractivity contribution in [3.05, 3.63) is 99.4 Å². The molecule has 3 aromatic rings. The lowest BCUT2D eigenvalue weighted by molar-refractivity contribution is -0.384. The highest BCUT2D eigenvalue weighted by molar-refractivity contribution is 5.95. The van der Waals surface area contributed by atoms with Gasteiger partial charge in [-0.25, -0.2) is 9.82 Å². The number of hydrazone groups is 1. The van der Waals surface area contributed by atoms with E-state index in [0.29, 0.717) is 22.6 Å². The summed E-state index contributed by atoms with van der Waals surface area (Å²) in [4.78, 5) is 22.3. The number of amides is 1. The van der Waals surface area contributed by atoms with Crippen LogP contribution in [0.25, 0.3) is 0 Å². The lowest BCUT2D eigenvalue weighted by atomic mass is 10.2. The Morgan fingerprint density at radius 3 is 2.68 bits per heavy atom. The first-order chi connectivity index (χ1) is 15.0. The molecule has 1 amide bonds. The Bertz CT molecular complexity index is 1130. The van der Waals surface area contributed by atoms with Crippen LogP contribution >= 0.6 is 0 Å². The fraction of sp³-hybridized carbons (Fsp3) is 0.0909. The van der Waals surface area contributed by atoms with Gasteiger partial charge in [-0.2, -0.15) is 5.10 Å². The number of non-ortho nitro benzene ring substituents is 1. The molecule has 0 aliphatic rings. The van der Waals surface area contributed by atoms with E-state index in [1.165, 1.54) is 37.6 Å². The molecule has 0 fully saturated rings. The highest BCUT2D eigenvalue weighted by Crippen LogP contribution is 2.28. The van der Waals surface area contributed by atoms with Crippen molar-refractivity contribution >= 4 is 17.8 Å². The minimum absolute atomic E-state index is 0.0374. The van der Waals surface area contributed by atoms with E-state index in [1.54, 1.807) is 36.4 Å². The Labute approximate surface area is 177 Å². The van der Waals surface area contributed by atoms with Crippen LogP contribution in [0, 0.1) is 15.9 Å². The van der Waals surface area contributed by atoms with Crippen molar-refractivity contribution in [2.24, 2.45) is 5.10 Å². The molecule has 0 unspecified atom stereocenters. The predicted octanol–water partition coefficient (Wildman–Crippen LogP) is 4.09. The average Bonchev–Trinajstić information content (AvgIpc) is 2.79. The number of nitrogens with zero attached hydrogens (tertiary/aromatic N) is 2. The summed E-state index contributed by atoms with van der Waals surface area (Å²) in [6, 6.07) is 16.6. The van der Waals surface area contributed by atoms with Gasteiger partial charge in [0.2, 0.25) is 0 Å². The Balaban J connectivity index is 1.64. The lowest BCUT2D eigenvalue weighted by Gasteiger charge is -2.11. The van der Waals surface area contributed by atoms with Crippen LogP contribution in [0.5, 0.6) is 11.5 Å². The number of nitrogens with one attached hydrogen (secondary N) is 1. The molecule has 0 aliphatic heterocycles. The number of hydrogen-bond donors (Lipinski definition) is 1. The fourth-order valence-corrected chi connectivity index (χ4v) is 2.65. The third-order valence-corrected chi connectivity index (χ3v) is 4.23. The van der Waals surface area contributed by atoms with E-state index in [2.05, 4.69) is 10.5 Å². The summed E-state index contributed by atoms with van der Waals surface area (Å²) in [5.41, 5.74) is 3.26. The zero-order valence-electron chi connectivity index (χ0n) is 16.4. The van der Waals surface area contributed by atoms with E-state index < -0.39 is 10.8 Å². The monoisotopic (exact) mass is 423 g/mol. The van der Waals surface area contributed by atoms with Gasteiger partial charge >= 0.3 is 0 Å². The molecule has 0 atom stereocenters. The van der Waals surface area contributed by atoms with Crippen molar-refractivity contribution in [2.75, 3.05) is 7.11 Å². The molecule has 1 N–H and O–H groups in total. The van der Waals surface area contributed by atoms with Gasteiger partial charge in [-0.1, -0.05) is 24.3 Å². The van der Waals surface area contributed by atoms with Gasteiger partial charge in [0.25, 0.3) is 11.6 Å². The standard InChI is InChI=1S/C22H18FN3O5/c1-30-21-11-15(9-10-20(21)31-14-17-5-2-3-8-19(17)23)13-24-25-22(27)16-6-4-7-18(12-16)26(28)29/h2-13H,14H2,1H3,(H,25,27)/b24-13-. The number of rotatable bonds is 8. The second-order valence-corrected chi connectivity index (χ2v) is 6.30. The maximum absolute atomic E-state index is 13.7. The van der Waals surface area contributed by atoms with Crippen LogP contribution in [0.2, 0.25) is 0 Å². The molecule has 0 heterocycles. The smallest absolute Gasteiger partial charge is 0.271 e. The molecule has 3 aromatic carbocycles. The molecule has 0 saturated carbocycles. The van der Waals surface area contributed by atoms with Crippen molar-refractivity contribution in [1.29, 1.82) is 0 Å². The quantitative estimate of drug-likeness (QED) is 0.334. The first kappa shape index (κ1) is 21.4. The first-order valence-electron chi connectivity index (χ1n) is 9.10. The van der Waals surface area contributed by atoms with Crippen LogP contribution in [0.15, 0.2) is 71.8 Å². The number of methoxy groups -OCH3 is 1. The number of benzene rings is 3. The van der Waals surface area contributed by atoms with Gasteiger partial charge < -0.3 is 9.47 Å². The Morgan fingerprint density at radius 1 is 1.13 bits per heavy atom. The van der Waals surface area contributed by atoms with Crippen LogP contribution in [0.4, 0.5) is 10.1 Å². The summed E-state index contributed by atoms with van der Waals surface area (Å²) in [7, 11) is 1.47. The maximum Gasteiger partial charge on any atom is 0.271 e. The molecule has 0 radical (unpaired) electrons. The van der Waals surface area contributed by atoms with Gasteiger partial charge in [0.15, 0.2) is 11.5 Å². The topological polar surface area (TPSA) is 103 Å². The molecule has 0 saturated heterocycles. The second-order valence-electron chi connectivity index (χ2n) is 6.30. The van der Waals surface area contributed by atoms with Crippen molar-refractivity contribution in [3.63, 3.8) is 0 Å². The normalized spacial score (nSPS) is 10.6. The molecule has 9 heteroatoms. The summed E-state index contributed by atoms with van der Waals surface area (Å²) in [5.74, 6) is -0.115. The third-order valence-electron chi connectivity index (χ3n) is 4.23. The van der Waals surface area contributed by atoms with Crippen molar-refractivity contribution in [3.8, 4) is 11.5 Å². The van der Waals surface area contributed by atoms with E-state index in [1.807, 2.05) is 0 Å². The van der Waals surface area contributed by atoms with E-state index in [9.17, 15) is 19.3 Å². The number of carbonyl (C=O) groups excluding carboxylic acids is 1. The number of nitro benzene ring substituents is 1. The summed E-state index contributed by atoms with van der Waals surface area (Å²) in [6.07, 6.45) is 1.39. The number of nitro groups is 1. The van der Waals surface area contributed by atoms with Gasteiger partial charge in [0, 0.05) is 23.3 Å². The molecule has 8 nitrogen and oxygen atoms in total. The van der Waals surface area contributed by atoms with E-state index in [-0.39, 0.29) is 23.7 Å². The van der Waals surface area contributed by atoms with Gasteiger partial charge in [0.05, 0.1) is 18.2 Å². The molecular weight excluding hydrogens is 405 g/mol. The first-order valence-corrected chi connectivity index (χ1v) is 9.10. The SMILES string of the molecule is COc1cc(/C=N\NC(=O)c2cccc([N+](=O)[O-])c2)ccc1OCc1ccccc1F. The molecular formula is C22H18FN3O5. The lowest BCUT2D eigenvalue weighted by Crippen LogP contribution is -2.17. The number of carbonyl (C=O) groups is 1. The van der Waals surface area contributed by atoms with E-state index >= 15 is 0 Å². The van der Waals surface area contributed by atoms with Crippen LogP contribution in [-0.4, -0.2) is 24.2 Å². The van der Waals surface area contributed by atoms with Crippen molar-refractivity contribution < 1.29 is 23.6 Å². The summed E-state index contributed by atoms with van der Waals surface area (Å²) >= 11 is 0. The van der Waals surface area contributed by atoms with Crippen LogP contribution in [-0.2, 0) is 6.61 Å². The minimum Gasteiger partial charge on any atom is -0.493 e. The van der Waals surface area contributed by atoms with Gasteiger partial charge in [0.1, 0.15) is 12.4 Å². The van der Waals surface area contributed by atoms with Gasteiger partial charge in [-0.15, -0.1) is 0 Å². The largest absolute Gasteiger partial charge is 0.493 e. The average molecular weight is 423 g/mol. The van der Waals surface area contributed by atoms with Crippen LogP contribution in [0.1, 0.15) is 21.5 Å². The van der Waals surface area contributed by atoms with Crippen molar-refractivity contribution in [1.82, 2.24) is 5.43 Å². The van der Waals surface area contributed by atoms with Gasteiger partial charge in [-0.05, 0) is 35.9 Å². The maximum atomic E-state index is 13.7. The summed E-state index contributed by atoms with van der Waals surface area (Å²) in [5, 5.41) is 14.7.